The number of halogens is 7. The molecule has 2 aliphatic heterocycles. The van der Waals surface area contributed by atoms with Crippen LogP contribution in [0.5, 0.6) is 5.75 Å². The number of nitrogens with two attached hydrogens (primary N) is 1. The van der Waals surface area contributed by atoms with Gasteiger partial charge in [0, 0.05) is 48.9 Å². The van der Waals surface area contributed by atoms with Gasteiger partial charge in [0.25, 0.3) is 12.3 Å². The van der Waals surface area contributed by atoms with E-state index in [0.717, 1.165) is 0 Å². The van der Waals surface area contributed by atoms with Crippen molar-refractivity contribution in [3.05, 3.63) is 52.0 Å². The molecule has 248 valence electrons. The van der Waals surface area contributed by atoms with Crippen molar-refractivity contribution in [3.63, 3.8) is 0 Å². The van der Waals surface area contributed by atoms with Crippen LogP contribution in [-0.4, -0.2) is 96.6 Å². The molecule has 2 saturated heterocycles. The third-order valence-electron chi connectivity index (χ3n) is 6.87. The maximum Gasteiger partial charge on any atom is 0.490 e. The van der Waals surface area contributed by atoms with Crippen LogP contribution in [0.2, 0.25) is 10.0 Å². The Hall–Kier alpha value is -3.60. The van der Waals surface area contributed by atoms with Gasteiger partial charge in [0.1, 0.15) is 12.4 Å². The zero-order chi connectivity index (χ0) is 33.5. The highest BCUT2D eigenvalue weighted by atomic mass is 35.5. The van der Waals surface area contributed by atoms with Crippen LogP contribution in [0, 0.1) is 0 Å². The molecule has 0 spiro atoms. The molecular formula is C27H30Cl2F5N5O6. The number of aliphatic hydroxyl groups excluding tert-OH is 1. The molecular weight excluding hydrogens is 656 g/mol. The maximum absolute atomic E-state index is 12.8. The number of nitrogens with one attached hydrogen (secondary N) is 2. The van der Waals surface area contributed by atoms with Crippen molar-refractivity contribution >= 4 is 52.5 Å². The highest BCUT2D eigenvalue weighted by Gasteiger charge is 2.38. The third-order valence-corrected chi connectivity index (χ3v) is 7.42. The zero-order valence-electron chi connectivity index (χ0n) is 23.4. The molecule has 2 aromatic rings. The minimum Gasteiger partial charge on any atom is -0.486 e. The number of β-amino-alcohol motifs (C(OH)–C–C–N with tert-alkyl or cyclic N) is 1. The SMILES string of the molecule is NC(=O)Nc1cc(Cl)c(OCC(F)F)cc1N1CC(NC2CCN(C(=O)c3ccc(Cl)cc3)CC2)[C@H](O)C1.O=C(O)C(F)(F)F. The van der Waals surface area contributed by atoms with Crippen LogP contribution in [0.4, 0.5) is 38.1 Å². The molecule has 6 N–H and O–H groups in total. The first kappa shape index (κ1) is 35.9. The van der Waals surface area contributed by atoms with Crippen molar-refractivity contribution in [1.82, 2.24) is 10.2 Å². The number of alkyl halides is 5. The molecule has 0 saturated carbocycles. The first-order valence-electron chi connectivity index (χ1n) is 13.4. The number of benzene rings is 2. The molecule has 0 bridgehead atoms. The van der Waals surface area contributed by atoms with Gasteiger partial charge in [-0.3, -0.25) is 4.79 Å². The highest BCUT2D eigenvalue weighted by molar-refractivity contribution is 6.32. The number of amides is 3. The zero-order valence-corrected chi connectivity index (χ0v) is 24.9. The third kappa shape index (κ3) is 10.5. The summed E-state index contributed by atoms with van der Waals surface area (Å²) in [5, 5.41) is 24.5. The Morgan fingerprint density at radius 2 is 1.67 bits per heavy atom. The van der Waals surface area contributed by atoms with E-state index in [2.05, 4.69) is 10.6 Å². The first-order valence-corrected chi connectivity index (χ1v) is 14.2. The van der Waals surface area contributed by atoms with E-state index in [9.17, 15) is 36.6 Å². The molecule has 1 unspecified atom stereocenters. The number of carboxylic acids is 1. The largest absolute Gasteiger partial charge is 0.490 e. The number of aliphatic hydroxyl groups is 1. The Kier molecular flexibility index (Phi) is 12.4. The van der Waals surface area contributed by atoms with Crippen LogP contribution in [0.15, 0.2) is 36.4 Å². The van der Waals surface area contributed by atoms with Gasteiger partial charge in [-0.05, 0) is 43.2 Å². The summed E-state index contributed by atoms with van der Waals surface area (Å²) in [6, 6.07) is 8.59. The lowest BCUT2D eigenvalue weighted by atomic mass is 10.0. The molecule has 45 heavy (non-hydrogen) atoms. The van der Waals surface area contributed by atoms with E-state index >= 15 is 0 Å². The van der Waals surface area contributed by atoms with Crippen molar-refractivity contribution in [1.29, 1.82) is 0 Å². The maximum atomic E-state index is 12.8. The molecule has 2 aliphatic rings. The number of nitrogens with zero attached hydrogens (tertiary/aromatic N) is 2. The second-order valence-electron chi connectivity index (χ2n) is 10.1. The number of urea groups is 1. The summed E-state index contributed by atoms with van der Waals surface area (Å²) < 4.78 is 62.2. The smallest absolute Gasteiger partial charge is 0.486 e. The second kappa shape index (κ2) is 15.6. The number of ether oxygens (including phenoxy) is 1. The van der Waals surface area contributed by atoms with Crippen LogP contribution >= 0.6 is 23.2 Å². The van der Waals surface area contributed by atoms with Crippen LogP contribution in [0.3, 0.4) is 0 Å². The monoisotopic (exact) mass is 685 g/mol. The van der Waals surface area contributed by atoms with Crippen molar-refractivity contribution in [2.24, 2.45) is 5.73 Å². The van der Waals surface area contributed by atoms with E-state index in [1.807, 2.05) is 0 Å². The Morgan fingerprint density at radius 3 is 2.20 bits per heavy atom. The number of hydrogen-bond acceptors (Lipinski definition) is 7. The molecule has 2 heterocycles. The summed E-state index contributed by atoms with van der Waals surface area (Å²) in [4.78, 5) is 36.8. The van der Waals surface area contributed by atoms with E-state index in [1.165, 1.54) is 12.1 Å². The Morgan fingerprint density at radius 1 is 1.07 bits per heavy atom. The predicted molar refractivity (Wildman–Crippen MR) is 155 cm³/mol. The molecule has 11 nitrogen and oxygen atoms in total. The highest BCUT2D eigenvalue weighted by Crippen LogP contribution is 2.38. The first-order chi connectivity index (χ1) is 21.0. The number of carbonyl (C=O) groups excluding carboxylic acids is 2. The summed E-state index contributed by atoms with van der Waals surface area (Å²) >= 11 is 12.1. The summed E-state index contributed by atoms with van der Waals surface area (Å²) in [5.74, 6) is -2.78. The van der Waals surface area contributed by atoms with E-state index in [1.54, 1.807) is 34.1 Å². The average Bonchev–Trinajstić information content (AvgIpc) is 3.31. The van der Waals surface area contributed by atoms with Crippen molar-refractivity contribution < 1.29 is 51.3 Å². The van der Waals surface area contributed by atoms with Gasteiger partial charge in [-0.1, -0.05) is 23.2 Å². The lowest BCUT2D eigenvalue weighted by Gasteiger charge is -2.34. The number of aliphatic carboxylic acids is 1. The van der Waals surface area contributed by atoms with Crippen LogP contribution < -0.4 is 26.0 Å². The van der Waals surface area contributed by atoms with Gasteiger partial charge in [-0.25, -0.2) is 18.4 Å². The second-order valence-corrected chi connectivity index (χ2v) is 11.0. The summed E-state index contributed by atoms with van der Waals surface area (Å²) in [6.07, 6.45) is -7.09. The molecule has 2 fully saturated rings. The van der Waals surface area contributed by atoms with Gasteiger partial charge in [0.2, 0.25) is 0 Å². The summed E-state index contributed by atoms with van der Waals surface area (Å²) in [6.45, 7) is 0.887. The van der Waals surface area contributed by atoms with Gasteiger partial charge >= 0.3 is 18.2 Å². The van der Waals surface area contributed by atoms with Crippen molar-refractivity contribution in [2.45, 2.75) is 43.6 Å². The standard InChI is InChI=1S/C25H29Cl2F2N5O4.C2HF3O2/c26-15-3-1-14(2-4-15)24(36)33-7-5-16(6-8-33)31-19-11-34(12-21(19)35)20-10-22(38-13-23(28)29)17(27)9-18(20)32-25(30)37;3-2(4,5)1(6)7/h1-4,9-10,16,19,21,23,31,35H,5-8,11-13H2,(H3,30,32,37);(H,6,7)/t19?,21-;/m1./s1. The number of carboxylic acid groups (broad SMARTS) is 1. The molecule has 4 rings (SSSR count). The number of hydrogen-bond donors (Lipinski definition) is 5. The average molecular weight is 686 g/mol. The fourth-order valence-corrected chi connectivity index (χ4v) is 5.12. The minimum atomic E-state index is -5.08. The van der Waals surface area contributed by atoms with E-state index in [4.69, 9.17) is 43.6 Å². The Bertz CT molecular complexity index is 1350. The fourth-order valence-electron chi connectivity index (χ4n) is 4.77. The van der Waals surface area contributed by atoms with Crippen LogP contribution in [0.25, 0.3) is 0 Å². The number of likely N-dealkylation sites (tertiary alicyclic amines) is 1. The lowest BCUT2D eigenvalue weighted by molar-refractivity contribution is -0.192. The number of piperidine rings is 1. The molecule has 2 atom stereocenters. The molecule has 0 aromatic heterocycles. The Labute approximate surface area is 264 Å². The predicted octanol–water partition coefficient (Wildman–Crippen LogP) is 4.21. The van der Waals surface area contributed by atoms with Gasteiger partial charge in [-0.15, -0.1) is 0 Å². The molecule has 0 radical (unpaired) electrons. The molecule has 2 aromatic carbocycles. The number of primary amides is 1. The number of anilines is 2. The van der Waals surface area contributed by atoms with E-state index in [-0.39, 0.29) is 41.0 Å². The van der Waals surface area contributed by atoms with E-state index < -0.39 is 37.3 Å². The van der Waals surface area contributed by atoms with Gasteiger partial charge in [0.05, 0.1) is 28.5 Å². The van der Waals surface area contributed by atoms with Gasteiger partial charge < -0.3 is 41.1 Å². The summed E-state index contributed by atoms with van der Waals surface area (Å²) in [5.41, 5.74) is 6.59. The number of rotatable bonds is 8. The van der Waals surface area contributed by atoms with Crippen molar-refractivity contribution in [3.8, 4) is 5.75 Å². The Balaban J connectivity index is 0.000000707. The van der Waals surface area contributed by atoms with Crippen LogP contribution in [-0.2, 0) is 4.79 Å². The van der Waals surface area contributed by atoms with Crippen molar-refractivity contribution in [2.75, 3.05) is 43.0 Å². The van der Waals surface area contributed by atoms with E-state index in [0.29, 0.717) is 48.7 Å². The normalized spacial score (nSPS) is 18.8. The fraction of sp³-hybridized carbons (Fsp3) is 0.444. The van der Waals surface area contributed by atoms with Crippen LogP contribution in [0.1, 0.15) is 23.2 Å². The molecule has 18 heteroatoms. The van der Waals surface area contributed by atoms with Gasteiger partial charge in [-0.2, -0.15) is 13.2 Å². The summed E-state index contributed by atoms with van der Waals surface area (Å²) in [7, 11) is 0. The molecule has 3 amide bonds. The molecule has 0 aliphatic carbocycles. The topological polar surface area (TPSA) is 157 Å². The quantitative estimate of drug-likeness (QED) is 0.259. The number of carbonyl (C=O) groups is 3. The minimum absolute atomic E-state index is 0.0283. The lowest BCUT2D eigenvalue weighted by Crippen LogP contribution is -2.50. The van der Waals surface area contributed by atoms with Gasteiger partial charge in [0.15, 0.2) is 0 Å².